The van der Waals surface area contributed by atoms with E-state index in [0.717, 1.165) is 4.90 Å². The smallest absolute Gasteiger partial charge is 0.326 e. The van der Waals surface area contributed by atoms with E-state index < -0.39 is 35.8 Å². The van der Waals surface area contributed by atoms with Crippen LogP contribution < -0.4 is 27.4 Å². The van der Waals surface area contributed by atoms with Crippen molar-refractivity contribution in [3.8, 4) is 11.4 Å². The highest BCUT2D eigenvalue weighted by atomic mass is 16.4. The number of nitrogens with zero attached hydrogens (tertiary/aromatic N) is 8. The summed E-state index contributed by atoms with van der Waals surface area (Å²) >= 11 is 0. The maximum absolute atomic E-state index is 13.6. The summed E-state index contributed by atoms with van der Waals surface area (Å²) in [4.78, 5) is 120. The largest absolute Gasteiger partial charge is 0.480 e. The van der Waals surface area contributed by atoms with E-state index >= 15 is 0 Å². The van der Waals surface area contributed by atoms with Crippen LogP contribution in [0.1, 0.15) is 116 Å². The summed E-state index contributed by atoms with van der Waals surface area (Å²) in [5.74, 6) is -3.79. The Balaban J connectivity index is 0.964. The van der Waals surface area contributed by atoms with E-state index in [2.05, 4.69) is 56.5 Å². The third-order valence-electron chi connectivity index (χ3n) is 12.1. The van der Waals surface area contributed by atoms with Crippen LogP contribution >= 0.6 is 0 Å². The summed E-state index contributed by atoms with van der Waals surface area (Å²) in [5, 5.41) is 32.5. The normalized spacial score (nSPS) is 13.5. The van der Waals surface area contributed by atoms with Crippen LogP contribution in [0.2, 0.25) is 0 Å². The van der Waals surface area contributed by atoms with E-state index in [-0.39, 0.29) is 122 Å². The molecule has 0 bridgehead atoms. The van der Waals surface area contributed by atoms with E-state index in [4.69, 9.17) is 11.5 Å². The second kappa shape index (κ2) is 24.5. The number of carbonyl (C=O) groups excluding carboxylic acids is 7. The van der Waals surface area contributed by atoms with E-state index in [0.29, 0.717) is 58.8 Å². The maximum Gasteiger partial charge on any atom is 0.326 e. The van der Waals surface area contributed by atoms with Crippen LogP contribution in [0.25, 0.3) is 22.6 Å². The fourth-order valence-corrected chi connectivity index (χ4v) is 8.04. The van der Waals surface area contributed by atoms with Crippen molar-refractivity contribution in [1.29, 1.82) is 0 Å². The van der Waals surface area contributed by atoms with E-state index in [1.807, 2.05) is 13.8 Å². The second-order valence-electron chi connectivity index (χ2n) is 17.9. The van der Waals surface area contributed by atoms with Gasteiger partial charge in [-0.05, 0) is 80.5 Å². The van der Waals surface area contributed by atoms with E-state index in [9.17, 15) is 43.5 Å². The average molecular weight is 987 g/mol. The molecule has 3 atom stereocenters. The van der Waals surface area contributed by atoms with Crippen molar-refractivity contribution in [3.05, 3.63) is 83.0 Å². The highest BCUT2D eigenvalue weighted by molar-refractivity contribution is 6.12. The Morgan fingerprint density at radius 1 is 0.861 bits per heavy atom. The number of benzene rings is 2. The lowest BCUT2D eigenvalue weighted by atomic mass is 9.88. The zero-order valence-corrected chi connectivity index (χ0v) is 40.4. The Labute approximate surface area is 413 Å². The Morgan fingerprint density at radius 2 is 1.61 bits per heavy atom. The Kier molecular flexibility index (Phi) is 18.0. The fraction of sp³-hybridized carbons (Fsp3) is 0.408. The number of aromatic amines is 1. The minimum absolute atomic E-state index is 0.00235. The number of unbranched alkanes of at least 4 members (excludes halogenated alkanes) is 3. The predicted molar refractivity (Wildman–Crippen MR) is 262 cm³/mol. The molecule has 0 saturated carbocycles. The number of aryl methyl sites for hydroxylation is 1. The Morgan fingerprint density at radius 3 is 2.31 bits per heavy atom. The molecule has 2 aromatic carbocycles. The monoisotopic (exact) mass is 986 g/mol. The third kappa shape index (κ3) is 14.1. The van der Waals surface area contributed by atoms with Crippen molar-refractivity contribution in [1.82, 2.24) is 56.1 Å². The van der Waals surface area contributed by atoms with Crippen LogP contribution in [-0.4, -0.2) is 116 Å². The molecule has 23 nitrogen and oxygen atoms in total. The number of imide groups is 1. The SMILES string of the molecule is Cc1nc(N)c2nc(CNc3ccc(C(=O)N[C@@H](CCCCC(=O)c4ccc(CC(=O)[C@H](C)NC(=O)[C@@H](CC(=O)CCCCCN5C(=O)C=CC5=O)C(C)C)cc4-c4nn[nH]n4)C(=O)O)cc3N)cnc2n1. The fourth-order valence-electron chi connectivity index (χ4n) is 8.04. The van der Waals surface area contributed by atoms with Gasteiger partial charge in [-0.1, -0.05) is 38.8 Å². The minimum Gasteiger partial charge on any atom is -0.480 e. The van der Waals surface area contributed by atoms with Gasteiger partial charge in [-0.3, -0.25) is 38.5 Å². The highest BCUT2D eigenvalue weighted by Crippen LogP contribution is 2.26. The number of carbonyl (C=O) groups is 8. The molecule has 0 saturated heterocycles. The number of nitrogens with one attached hydrogen (secondary N) is 4. The zero-order chi connectivity index (χ0) is 52.1. The van der Waals surface area contributed by atoms with E-state index in [1.54, 1.807) is 44.3 Å². The van der Waals surface area contributed by atoms with Crippen LogP contribution in [-0.2, 0) is 41.7 Å². The number of anilines is 3. The van der Waals surface area contributed by atoms with Crippen molar-refractivity contribution in [3.63, 3.8) is 0 Å². The number of aromatic nitrogens is 8. The van der Waals surface area contributed by atoms with Crippen LogP contribution in [0.4, 0.5) is 17.2 Å². The maximum atomic E-state index is 13.6. The lowest BCUT2D eigenvalue weighted by molar-refractivity contribution is -0.139. The van der Waals surface area contributed by atoms with Crippen LogP contribution in [0.3, 0.4) is 0 Å². The van der Waals surface area contributed by atoms with Gasteiger partial charge in [0.05, 0.1) is 35.9 Å². The van der Waals surface area contributed by atoms with Crippen molar-refractivity contribution in [2.24, 2.45) is 11.8 Å². The minimum atomic E-state index is -1.26. The first-order chi connectivity index (χ1) is 34.4. The topological polar surface area (TPSA) is 354 Å². The highest BCUT2D eigenvalue weighted by Gasteiger charge is 2.29. The van der Waals surface area contributed by atoms with Gasteiger partial charge >= 0.3 is 5.97 Å². The number of carboxylic acid groups (broad SMARTS) is 1. The number of fused-ring (bicyclic) bond motifs is 1. The number of ketones is 3. The molecular weight excluding hydrogens is 929 g/mol. The molecular formula is C49H58N14O9. The van der Waals surface area contributed by atoms with E-state index in [1.165, 1.54) is 24.3 Å². The number of nitrogen functional groups attached to an aromatic ring is 2. The summed E-state index contributed by atoms with van der Waals surface area (Å²) in [5.41, 5.74) is 15.5. The molecule has 378 valence electrons. The number of nitrogens with two attached hydrogens (primary N) is 2. The van der Waals surface area contributed by atoms with Gasteiger partial charge < -0.3 is 32.5 Å². The standard InChI is InChI=1S/C49H58N14O9/c1-26(2)34(23-32(64)10-6-5-9-19-63-41(67)17-18-42(63)68)48(70)54-27(3)40(66)21-29-13-15-33(35(20-29)45-59-61-62-60-45)39(65)12-8-7-11-38(49(71)72)58-47(69)30-14-16-37(36(50)22-30)52-24-31-25-53-46-43(57-31)44(51)55-28(4)56-46/h13-18,20,22,25-27,34,38,52H,5-12,19,21,23-24,50H2,1-4H3,(H,54,70)(H,58,69)(H,71,72)(H2,51,53,55,56)(H,59,60,61,62)/t27-,34-,38-/m0/s1. The van der Waals surface area contributed by atoms with Crippen molar-refractivity contribution in [2.75, 3.05) is 23.3 Å². The summed E-state index contributed by atoms with van der Waals surface area (Å²) in [6.07, 6.45) is 6.48. The first-order valence-electron chi connectivity index (χ1n) is 23.6. The summed E-state index contributed by atoms with van der Waals surface area (Å²) < 4.78 is 0. The quantitative estimate of drug-likeness (QED) is 0.0171. The van der Waals surface area contributed by atoms with Gasteiger partial charge in [-0.15, -0.1) is 10.2 Å². The number of carboxylic acids is 1. The summed E-state index contributed by atoms with van der Waals surface area (Å²) in [6, 6.07) is 7.13. The molecule has 4 amide bonds. The van der Waals surface area contributed by atoms with Gasteiger partial charge in [0.2, 0.25) is 11.7 Å². The molecule has 3 aromatic heterocycles. The number of tetrazole rings is 1. The molecule has 0 unspecified atom stereocenters. The molecule has 0 spiro atoms. The molecule has 0 aliphatic carbocycles. The predicted octanol–water partition coefficient (Wildman–Crippen LogP) is 3.64. The molecule has 6 rings (SSSR count). The number of Topliss-reactive ketones (excluding diaryl/α,β-unsaturated/α-hetero) is 3. The summed E-state index contributed by atoms with van der Waals surface area (Å²) in [6.45, 7) is 7.43. The van der Waals surface area contributed by atoms with Gasteiger partial charge in [-0.25, -0.2) is 24.7 Å². The number of hydrogen-bond donors (Lipinski definition) is 7. The van der Waals surface area contributed by atoms with Crippen molar-refractivity contribution >= 4 is 75.3 Å². The molecule has 0 radical (unpaired) electrons. The Bertz CT molecular complexity index is 2870. The van der Waals surface area contributed by atoms with Crippen LogP contribution in [0.5, 0.6) is 0 Å². The molecule has 0 fully saturated rings. The van der Waals surface area contributed by atoms with Gasteiger partial charge in [0.15, 0.2) is 28.5 Å². The first-order valence-corrected chi connectivity index (χ1v) is 23.6. The van der Waals surface area contributed by atoms with Crippen molar-refractivity contribution in [2.45, 2.75) is 111 Å². The number of amides is 4. The first kappa shape index (κ1) is 53.0. The zero-order valence-electron chi connectivity index (χ0n) is 40.4. The number of H-pyrrole nitrogens is 1. The third-order valence-corrected chi connectivity index (χ3v) is 12.1. The molecule has 5 aromatic rings. The molecule has 1 aliphatic heterocycles. The second-order valence-corrected chi connectivity index (χ2v) is 17.9. The van der Waals surface area contributed by atoms with Gasteiger partial charge in [-0.2, -0.15) is 5.21 Å². The molecule has 23 heteroatoms. The molecule has 72 heavy (non-hydrogen) atoms. The number of hydrogen-bond acceptors (Lipinski definition) is 18. The molecule has 4 heterocycles. The lowest BCUT2D eigenvalue weighted by Crippen LogP contribution is -2.44. The number of aliphatic carboxylic acids is 1. The van der Waals surface area contributed by atoms with Gasteiger partial charge in [0, 0.05) is 67.0 Å². The van der Waals surface area contributed by atoms with Crippen LogP contribution in [0.15, 0.2) is 54.7 Å². The lowest BCUT2D eigenvalue weighted by Gasteiger charge is -2.22. The van der Waals surface area contributed by atoms with Gasteiger partial charge in [0.1, 0.15) is 17.6 Å². The Hall–Kier alpha value is -8.37. The van der Waals surface area contributed by atoms with Crippen LogP contribution in [0, 0.1) is 18.8 Å². The molecule has 1 aliphatic rings. The van der Waals surface area contributed by atoms with Gasteiger partial charge in [0.25, 0.3) is 17.7 Å². The molecule has 9 N–H and O–H groups in total. The number of rotatable bonds is 27. The van der Waals surface area contributed by atoms with Crippen molar-refractivity contribution < 1.29 is 43.5 Å². The average Bonchev–Trinajstić information content (AvgIpc) is 4.00. The summed E-state index contributed by atoms with van der Waals surface area (Å²) in [7, 11) is 0.